The van der Waals surface area contributed by atoms with Crippen molar-refractivity contribution in [2.75, 3.05) is 12.1 Å². The van der Waals surface area contributed by atoms with Gasteiger partial charge in [0, 0.05) is 22.3 Å². The lowest BCUT2D eigenvalue weighted by molar-refractivity contribution is 0.102. The van der Waals surface area contributed by atoms with Crippen molar-refractivity contribution in [2.45, 2.75) is 6.54 Å². The molecule has 0 radical (unpaired) electrons. The molecule has 0 saturated carbocycles. The second kappa shape index (κ2) is 6.68. The van der Waals surface area contributed by atoms with Crippen LogP contribution in [0.5, 0.6) is 11.5 Å². The number of anilines is 1. The number of nitrogens with zero attached hydrogens (tertiary/aromatic N) is 2. The Morgan fingerprint density at radius 3 is 2.96 bits per heavy atom. The van der Waals surface area contributed by atoms with Crippen LogP contribution in [0.2, 0.25) is 5.02 Å². The van der Waals surface area contributed by atoms with Gasteiger partial charge in [-0.05, 0) is 30.3 Å². The van der Waals surface area contributed by atoms with Crippen LogP contribution in [-0.4, -0.2) is 22.5 Å². The minimum atomic E-state index is -0.404. The molecule has 0 fully saturated rings. The van der Waals surface area contributed by atoms with Crippen LogP contribution in [0.25, 0.3) is 0 Å². The van der Waals surface area contributed by atoms with Crippen LogP contribution >= 0.6 is 11.6 Å². The van der Waals surface area contributed by atoms with Crippen molar-refractivity contribution in [1.29, 1.82) is 0 Å². The van der Waals surface area contributed by atoms with Crippen molar-refractivity contribution in [2.24, 2.45) is 0 Å². The third-order valence-corrected chi connectivity index (χ3v) is 4.26. The number of carbonyl (C=O) groups excluding carboxylic acids is 1. The summed E-state index contributed by atoms with van der Waals surface area (Å²) in [6, 6.07) is 9.44. The second-order valence-electron chi connectivity index (χ2n) is 5.65. The maximum absolute atomic E-state index is 13.9. The molecule has 1 amide bonds. The molecule has 6 nitrogen and oxygen atoms in total. The Hall–Kier alpha value is -3.06. The van der Waals surface area contributed by atoms with E-state index in [0.29, 0.717) is 33.3 Å². The van der Waals surface area contributed by atoms with Gasteiger partial charge in [0.05, 0.1) is 18.4 Å². The normalized spacial score (nSPS) is 12.2. The van der Waals surface area contributed by atoms with Gasteiger partial charge in [-0.1, -0.05) is 17.7 Å². The first-order valence-electron chi connectivity index (χ1n) is 7.76. The Morgan fingerprint density at radius 2 is 2.12 bits per heavy atom. The molecule has 0 saturated heterocycles. The molecule has 0 unspecified atom stereocenters. The zero-order chi connectivity index (χ0) is 18.1. The highest BCUT2D eigenvalue weighted by molar-refractivity contribution is 6.31. The van der Waals surface area contributed by atoms with Crippen molar-refractivity contribution in [3.05, 3.63) is 70.8 Å². The van der Waals surface area contributed by atoms with E-state index in [1.54, 1.807) is 36.5 Å². The highest BCUT2D eigenvalue weighted by Gasteiger charge is 2.17. The molecular formula is C18H13ClFN3O3. The number of hydrogen-bond acceptors (Lipinski definition) is 4. The van der Waals surface area contributed by atoms with Crippen LogP contribution in [-0.2, 0) is 6.54 Å². The summed E-state index contributed by atoms with van der Waals surface area (Å²) in [5, 5.41) is 7.20. The summed E-state index contributed by atoms with van der Waals surface area (Å²) in [6.07, 6.45) is 3.09. The summed E-state index contributed by atoms with van der Waals surface area (Å²) < 4.78 is 25.9. The number of carbonyl (C=O) groups is 1. The lowest BCUT2D eigenvalue weighted by Crippen LogP contribution is -2.11. The van der Waals surface area contributed by atoms with E-state index in [9.17, 15) is 9.18 Å². The molecule has 0 spiro atoms. The highest BCUT2D eigenvalue weighted by atomic mass is 35.5. The number of hydrogen-bond donors (Lipinski definition) is 1. The molecule has 1 aliphatic heterocycles. The van der Waals surface area contributed by atoms with Crippen LogP contribution < -0.4 is 14.8 Å². The molecular weight excluding hydrogens is 361 g/mol. The molecule has 1 aromatic heterocycles. The third kappa shape index (κ3) is 3.21. The van der Waals surface area contributed by atoms with Gasteiger partial charge in [-0.25, -0.2) is 4.39 Å². The number of rotatable bonds is 4. The standard InChI is InChI=1S/C18H13ClFN3O3/c19-14-2-1-3-15(20)13(14)9-23-8-12(7-21-23)22-18(24)11-4-5-16-17(6-11)26-10-25-16/h1-8H,9-10H2,(H,22,24). The number of amides is 1. The molecule has 26 heavy (non-hydrogen) atoms. The Labute approximate surface area is 153 Å². The van der Waals surface area contributed by atoms with Gasteiger partial charge in [-0.2, -0.15) is 5.10 Å². The quantitative estimate of drug-likeness (QED) is 0.757. The molecule has 2 aromatic carbocycles. The molecule has 2 heterocycles. The van der Waals surface area contributed by atoms with E-state index in [4.69, 9.17) is 21.1 Å². The van der Waals surface area contributed by atoms with Gasteiger partial charge in [-0.15, -0.1) is 0 Å². The number of nitrogens with one attached hydrogen (secondary N) is 1. The number of benzene rings is 2. The maximum atomic E-state index is 13.9. The van der Waals surface area contributed by atoms with Crippen LogP contribution in [0.15, 0.2) is 48.8 Å². The predicted octanol–water partition coefficient (Wildman–Crippen LogP) is 3.70. The molecule has 8 heteroatoms. The largest absolute Gasteiger partial charge is 0.454 e. The van der Waals surface area contributed by atoms with Crippen LogP contribution in [0, 0.1) is 5.82 Å². The van der Waals surface area contributed by atoms with Gasteiger partial charge in [0.1, 0.15) is 5.82 Å². The average Bonchev–Trinajstić information content (AvgIpc) is 3.26. The Morgan fingerprint density at radius 1 is 1.27 bits per heavy atom. The van der Waals surface area contributed by atoms with E-state index in [1.807, 2.05) is 0 Å². The van der Waals surface area contributed by atoms with E-state index in [0.717, 1.165) is 0 Å². The fraction of sp³-hybridized carbons (Fsp3) is 0.111. The average molecular weight is 374 g/mol. The molecule has 0 atom stereocenters. The Balaban J connectivity index is 1.47. The lowest BCUT2D eigenvalue weighted by atomic mass is 10.2. The Kier molecular flexibility index (Phi) is 4.22. The topological polar surface area (TPSA) is 65.4 Å². The zero-order valence-electron chi connectivity index (χ0n) is 13.4. The van der Waals surface area contributed by atoms with Crippen molar-refractivity contribution in [3.8, 4) is 11.5 Å². The zero-order valence-corrected chi connectivity index (χ0v) is 14.2. The smallest absolute Gasteiger partial charge is 0.255 e. The number of aromatic nitrogens is 2. The van der Waals surface area contributed by atoms with Gasteiger partial charge in [-0.3, -0.25) is 9.48 Å². The van der Waals surface area contributed by atoms with Gasteiger partial charge in [0.25, 0.3) is 5.91 Å². The first kappa shape index (κ1) is 16.4. The van der Waals surface area contributed by atoms with Gasteiger partial charge >= 0.3 is 0 Å². The van der Waals surface area contributed by atoms with Crippen LogP contribution in [0.4, 0.5) is 10.1 Å². The number of halogens is 2. The fourth-order valence-corrected chi connectivity index (χ4v) is 2.82. The summed E-state index contributed by atoms with van der Waals surface area (Å²) in [5.41, 5.74) is 1.25. The summed E-state index contributed by atoms with van der Waals surface area (Å²) in [5.74, 6) is 0.421. The molecule has 4 rings (SSSR count). The molecule has 132 valence electrons. The lowest BCUT2D eigenvalue weighted by Gasteiger charge is -2.06. The fourth-order valence-electron chi connectivity index (χ4n) is 2.60. The molecule has 3 aromatic rings. The second-order valence-corrected chi connectivity index (χ2v) is 6.06. The summed E-state index contributed by atoms with van der Waals surface area (Å²) >= 11 is 6.02. The van der Waals surface area contributed by atoms with E-state index in [1.165, 1.54) is 16.9 Å². The summed E-state index contributed by atoms with van der Waals surface area (Å²) in [7, 11) is 0. The van der Waals surface area contributed by atoms with Gasteiger partial charge in [0.2, 0.25) is 6.79 Å². The van der Waals surface area contributed by atoms with E-state index < -0.39 is 5.82 Å². The van der Waals surface area contributed by atoms with E-state index in [-0.39, 0.29) is 19.2 Å². The van der Waals surface area contributed by atoms with Crippen LogP contribution in [0.3, 0.4) is 0 Å². The van der Waals surface area contributed by atoms with Gasteiger partial charge in [0.15, 0.2) is 11.5 Å². The Bertz CT molecular complexity index is 969. The van der Waals surface area contributed by atoms with Crippen molar-refractivity contribution >= 4 is 23.2 Å². The minimum absolute atomic E-state index is 0.145. The monoisotopic (exact) mass is 373 g/mol. The first-order valence-corrected chi connectivity index (χ1v) is 8.14. The highest BCUT2D eigenvalue weighted by Crippen LogP contribution is 2.32. The molecule has 0 bridgehead atoms. The van der Waals surface area contributed by atoms with Crippen molar-refractivity contribution in [3.63, 3.8) is 0 Å². The van der Waals surface area contributed by atoms with E-state index in [2.05, 4.69) is 10.4 Å². The summed E-state index contributed by atoms with van der Waals surface area (Å²) in [4.78, 5) is 12.4. The van der Waals surface area contributed by atoms with E-state index >= 15 is 0 Å². The minimum Gasteiger partial charge on any atom is -0.454 e. The molecule has 1 N–H and O–H groups in total. The molecule has 1 aliphatic rings. The van der Waals surface area contributed by atoms with Gasteiger partial charge < -0.3 is 14.8 Å². The first-order chi connectivity index (χ1) is 12.6. The third-order valence-electron chi connectivity index (χ3n) is 3.91. The molecule has 0 aliphatic carbocycles. The number of fused-ring (bicyclic) bond motifs is 1. The summed E-state index contributed by atoms with van der Waals surface area (Å²) in [6.45, 7) is 0.303. The SMILES string of the molecule is O=C(Nc1cnn(Cc2c(F)cccc2Cl)c1)c1ccc2c(c1)OCO2. The predicted molar refractivity (Wildman–Crippen MR) is 93.3 cm³/mol. The maximum Gasteiger partial charge on any atom is 0.255 e. The number of ether oxygens (including phenoxy) is 2. The van der Waals surface area contributed by atoms with Crippen molar-refractivity contribution < 1.29 is 18.7 Å². The van der Waals surface area contributed by atoms with Crippen molar-refractivity contribution in [1.82, 2.24) is 9.78 Å². The van der Waals surface area contributed by atoms with Crippen LogP contribution in [0.1, 0.15) is 15.9 Å².